The zero-order chi connectivity index (χ0) is 19.6. The molecule has 1 atom stereocenters. The van der Waals surface area contributed by atoms with Gasteiger partial charge in [0.1, 0.15) is 10.7 Å². The van der Waals surface area contributed by atoms with E-state index < -0.39 is 10.0 Å². The third kappa shape index (κ3) is 5.15. The van der Waals surface area contributed by atoms with Gasteiger partial charge < -0.3 is 4.90 Å². The first-order chi connectivity index (χ1) is 12.7. The maximum absolute atomic E-state index is 12.8. The smallest absolute Gasteiger partial charge is 0.273 e. The molecule has 1 saturated heterocycles. The molecule has 1 aromatic carbocycles. The molecule has 0 unspecified atom stereocenters. The van der Waals surface area contributed by atoms with Crippen molar-refractivity contribution in [2.75, 3.05) is 19.3 Å². The van der Waals surface area contributed by atoms with Crippen LogP contribution in [0, 0.1) is 0 Å². The van der Waals surface area contributed by atoms with Crippen LogP contribution >= 0.6 is 11.3 Å². The summed E-state index contributed by atoms with van der Waals surface area (Å²) in [4.78, 5) is 19.0. The molecule has 2 heterocycles. The van der Waals surface area contributed by atoms with E-state index in [2.05, 4.69) is 35.7 Å². The number of hydrogen-bond donors (Lipinski definition) is 1. The first-order valence-corrected chi connectivity index (χ1v) is 11.8. The zero-order valence-electron chi connectivity index (χ0n) is 15.8. The highest BCUT2D eigenvalue weighted by Crippen LogP contribution is 2.26. The maximum Gasteiger partial charge on any atom is 0.273 e. The third-order valence-electron chi connectivity index (χ3n) is 4.64. The Morgan fingerprint density at radius 3 is 2.63 bits per heavy atom. The van der Waals surface area contributed by atoms with Crippen LogP contribution in [-0.4, -0.2) is 49.6 Å². The fraction of sp³-hybridized carbons (Fsp3) is 0.474. The fourth-order valence-corrected chi connectivity index (χ4v) is 4.84. The van der Waals surface area contributed by atoms with Crippen molar-refractivity contribution in [1.82, 2.24) is 14.6 Å². The molecule has 2 aromatic rings. The summed E-state index contributed by atoms with van der Waals surface area (Å²) in [5, 5.41) is 2.60. The molecule has 6 nitrogen and oxygen atoms in total. The van der Waals surface area contributed by atoms with Gasteiger partial charge in [0.15, 0.2) is 0 Å². The highest BCUT2D eigenvalue weighted by atomic mass is 32.2. The van der Waals surface area contributed by atoms with Gasteiger partial charge >= 0.3 is 0 Å². The lowest BCUT2D eigenvalue weighted by atomic mass is 10.0. The van der Waals surface area contributed by atoms with Gasteiger partial charge in [0.2, 0.25) is 10.0 Å². The quantitative estimate of drug-likeness (QED) is 0.826. The number of nitrogens with one attached hydrogen (secondary N) is 1. The van der Waals surface area contributed by atoms with Gasteiger partial charge in [0, 0.05) is 30.1 Å². The van der Waals surface area contributed by atoms with Gasteiger partial charge in [-0.15, -0.1) is 11.3 Å². The molecule has 1 aliphatic rings. The highest BCUT2D eigenvalue weighted by molar-refractivity contribution is 7.88. The third-order valence-corrected chi connectivity index (χ3v) is 6.29. The first kappa shape index (κ1) is 20.0. The predicted molar refractivity (Wildman–Crippen MR) is 109 cm³/mol. The molecule has 0 spiro atoms. The van der Waals surface area contributed by atoms with E-state index >= 15 is 0 Å². The predicted octanol–water partition coefficient (Wildman–Crippen LogP) is 3.09. The largest absolute Gasteiger partial charge is 0.336 e. The minimum Gasteiger partial charge on any atom is -0.336 e. The van der Waals surface area contributed by atoms with Crippen molar-refractivity contribution in [3.8, 4) is 10.6 Å². The van der Waals surface area contributed by atoms with Crippen LogP contribution < -0.4 is 4.72 Å². The zero-order valence-corrected chi connectivity index (χ0v) is 17.4. The van der Waals surface area contributed by atoms with Crippen molar-refractivity contribution in [2.24, 2.45) is 0 Å². The molecule has 1 fully saturated rings. The van der Waals surface area contributed by atoms with Gasteiger partial charge in [-0.25, -0.2) is 18.1 Å². The number of benzene rings is 1. The van der Waals surface area contributed by atoms with E-state index in [1.54, 1.807) is 10.3 Å². The van der Waals surface area contributed by atoms with Crippen LogP contribution in [0.15, 0.2) is 29.6 Å². The number of carbonyl (C=O) groups excluding carboxylic acids is 1. The summed E-state index contributed by atoms with van der Waals surface area (Å²) >= 11 is 1.45. The van der Waals surface area contributed by atoms with Crippen molar-refractivity contribution in [1.29, 1.82) is 0 Å². The summed E-state index contributed by atoms with van der Waals surface area (Å²) in [5.74, 6) is 0.330. The van der Waals surface area contributed by atoms with E-state index in [0.717, 1.165) is 29.7 Å². The Morgan fingerprint density at radius 1 is 1.30 bits per heavy atom. The van der Waals surface area contributed by atoms with Crippen molar-refractivity contribution in [2.45, 2.75) is 38.6 Å². The second kappa shape index (κ2) is 8.08. The number of sulfonamides is 1. The molecule has 146 valence electrons. The van der Waals surface area contributed by atoms with Crippen molar-refractivity contribution >= 4 is 27.3 Å². The molecule has 1 N–H and O–H groups in total. The number of amides is 1. The molecule has 3 rings (SSSR count). The topological polar surface area (TPSA) is 79.4 Å². The van der Waals surface area contributed by atoms with Gasteiger partial charge in [0.05, 0.1) is 6.26 Å². The molecule has 8 heteroatoms. The molecule has 1 amide bonds. The Kier molecular flexibility index (Phi) is 5.98. The maximum atomic E-state index is 12.8. The first-order valence-electron chi connectivity index (χ1n) is 9.05. The molecule has 1 aliphatic heterocycles. The minimum atomic E-state index is -3.28. The average molecular weight is 408 g/mol. The lowest BCUT2D eigenvalue weighted by Crippen LogP contribution is -2.49. The van der Waals surface area contributed by atoms with Gasteiger partial charge in [-0.2, -0.15) is 0 Å². The number of hydrogen-bond acceptors (Lipinski definition) is 5. The van der Waals surface area contributed by atoms with Gasteiger partial charge in [-0.3, -0.25) is 4.79 Å². The monoisotopic (exact) mass is 407 g/mol. The van der Waals surface area contributed by atoms with Crippen LogP contribution in [0.4, 0.5) is 0 Å². The summed E-state index contributed by atoms with van der Waals surface area (Å²) in [6.45, 7) is 5.30. The SMILES string of the molecule is CC(C)c1ccc(-c2nc(C(=O)N3CCC[C@@H](NS(C)(=O)=O)C3)cs2)cc1. The van der Waals surface area contributed by atoms with Gasteiger partial charge in [-0.1, -0.05) is 38.1 Å². The molecule has 27 heavy (non-hydrogen) atoms. The average Bonchev–Trinajstić information content (AvgIpc) is 3.10. The second-order valence-electron chi connectivity index (χ2n) is 7.29. The normalized spacial score (nSPS) is 18.1. The number of nitrogens with zero attached hydrogens (tertiary/aromatic N) is 2. The van der Waals surface area contributed by atoms with E-state index in [-0.39, 0.29) is 11.9 Å². The molecule has 0 bridgehead atoms. The molecule has 0 aliphatic carbocycles. The molecule has 1 aromatic heterocycles. The highest BCUT2D eigenvalue weighted by Gasteiger charge is 2.27. The van der Waals surface area contributed by atoms with Crippen LogP contribution in [-0.2, 0) is 10.0 Å². The summed E-state index contributed by atoms with van der Waals surface area (Å²) < 4.78 is 25.5. The summed E-state index contributed by atoms with van der Waals surface area (Å²) in [5.41, 5.74) is 2.69. The van der Waals surface area contributed by atoms with Crippen LogP contribution in [0.1, 0.15) is 48.7 Å². The Balaban J connectivity index is 1.71. The summed E-state index contributed by atoms with van der Waals surface area (Å²) in [7, 11) is -3.28. The van der Waals surface area contributed by atoms with Crippen LogP contribution in [0.3, 0.4) is 0 Å². The Morgan fingerprint density at radius 2 is 2.00 bits per heavy atom. The molecule has 0 radical (unpaired) electrons. The summed E-state index contributed by atoms with van der Waals surface area (Å²) in [6, 6.07) is 8.02. The van der Waals surface area contributed by atoms with E-state index in [9.17, 15) is 13.2 Å². The van der Waals surface area contributed by atoms with Gasteiger partial charge in [0.25, 0.3) is 5.91 Å². The summed E-state index contributed by atoms with van der Waals surface area (Å²) in [6.07, 6.45) is 2.65. The Bertz CT molecular complexity index is 905. The number of likely N-dealkylation sites (tertiary alicyclic amines) is 1. The Labute approximate surface area is 164 Å². The van der Waals surface area contributed by atoms with E-state index in [1.165, 1.54) is 16.9 Å². The van der Waals surface area contributed by atoms with E-state index in [1.807, 2.05) is 12.1 Å². The number of thiazole rings is 1. The second-order valence-corrected chi connectivity index (χ2v) is 9.93. The number of piperidine rings is 1. The van der Waals surface area contributed by atoms with Crippen molar-refractivity contribution in [3.05, 3.63) is 40.9 Å². The van der Waals surface area contributed by atoms with Crippen LogP contribution in [0.5, 0.6) is 0 Å². The molecular formula is C19H25N3O3S2. The van der Waals surface area contributed by atoms with Gasteiger partial charge in [-0.05, 0) is 24.3 Å². The van der Waals surface area contributed by atoms with Crippen LogP contribution in [0.2, 0.25) is 0 Å². The fourth-order valence-electron chi connectivity index (χ4n) is 3.24. The van der Waals surface area contributed by atoms with E-state index in [0.29, 0.717) is 24.7 Å². The number of rotatable bonds is 5. The van der Waals surface area contributed by atoms with Crippen LogP contribution in [0.25, 0.3) is 10.6 Å². The van der Waals surface area contributed by atoms with Crippen molar-refractivity contribution < 1.29 is 13.2 Å². The molecular weight excluding hydrogens is 382 g/mol. The molecule has 0 saturated carbocycles. The lowest BCUT2D eigenvalue weighted by molar-refractivity contribution is 0.0698. The van der Waals surface area contributed by atoms with Crippen molar-refractivity contribution in [3.63, 3.8) is 0 Å². The number of carbonyl (C=O) groups is 1. The lowest BCUT2D eigenvalue weighted by Gasteiger charge is -2.32. The minimum absolute atomic E-state index is 0.142. The standard InChI is InChI=1S/C19H25N3O3S2/c1-13(2)14-6-8-15(9-7-14)18-20-17(12-26-18)19(23)22-10-4-5-16(11-22)21-27(3,24)25/h6-9,12-13,16,21H,4-5,10-11H2,1-3H3/t16-/m1/s1. The van der Waals surface area contributed by atoms with E-state index in [4.69, 9.17) is 0 Å². The number of aromatic nitrogens is 1. The Hall–Kier alpha value is -1.77.